The van der Waals surface area contributed by atoms with Crippen LogP contribution in [0, 0.1) is 0 Å². The van der Waals surface area contributed by atoms with Gasteiger partial charge in [0.2, 0.25) is 0 Å². The maximum absolute atomic E-state index is 5.49. The van der Waals surface area contributed by atoms with Gasteiger partial charge < -0.3 is 15.0 Å². The highest BCUT2D eigenvalue weighted by atomic mass is 16.5. The monoisotopic (exact) mass is 221 g/mol. The summed E-state index contributed by atoms with van der Waals surface area (Å²) in [5.74, 6) is 1.73. The number of hydrogen-bond acceptors (Lipinski definition) is 6. The summed E-state index contributed by atoms with van der Waals surface area (Å²) in [5, 5.41) is 10.5. The normalized spacial score (nSPS) is 20.4. The number of ether oxygens (including phenoxy) is 1. The van der Waals surface area contributed by atoms with E-state index in [1.54, 1.807) is 6.07 Å². The molecular weight excluding hydrogens is 210 g/mol. The van der Waals surface area contributed by atoms with Gasteiger partial charge in [0.1, 0.15) is 11.5 Å². The van der Waals surface area contributed by atoms with E-state index in [4.69, 9.17) is 15.0 Å². The van der Waals surface area contributed by atoms with Gasteiger partial charge in [-0.05, 0) is 6.42 Å². The molecule has 1 saturated heterocycles. The standard InChI is InChI=1S/C9H11N5O2/c10-7-3-6(12-13-7)9-11-8(14-16-9)5-1-2-15-4-5/h3,5H,1-2,4H2,(H3,10,12,13). The van der Waals surface area contributed by atoms with Crippen molar-refractivity contribution in [1.82, 2.24) is 20.3 Å². The molecule has 0 bridgehead atoms. The number of H-pyrrole nitrogens is 1. The first kappa shape index (κ1) is 9.34. The number of rotatable bonds is 2. The molecule has 0 amide bonds. The van der Waals surface area contributed by atoms with Crippen LogP contribution >= 0.6 is 0 Å². The van der Waals surface area contributed by atoms with E-state index in [-0.39, 0.29) is 5.92 Å². The van der Waals surface area contributed by atoms with Crippen molar-refractivity contribution in [3.8, 4) is 11.6 Å². The zero-order chi connectivity index (χ0) is 11.0. The van der Waals surface area contributed by atoms with Crippen molar-refractivity contribution in [2.24, 2.45) is 0 Å². The van der Waals surface area contributed by atoms with Gasteiger partial charge in [-0.15, -0.1) is 0 Å². The predicted molar refractivity (Wildman–Crippen MR) is 54.5 cm³/mol. The summed E-state index contributed by atoms with van der Waals surface area (Å²) in [7, 11) is 0. The maximum Gasteiger partial charge on any atom is 0.276 e. The quantitative estimate of drug-likeness (QED) is 0.767. The van der Waals surface area contributed by atoms with E-state index in [1.807, 2.05) is 0 Å². The van der Waals surface area contributed by atoms with Crippen molar-refractivity contribution in [2.45, 2.75) is 12.3 Å². The number of hydrogen-bond donors (Lipinski definition) is 2. The molecule has 7 heteroatoms. The van der Waals surface area contributed by atoms with Crippen LogP contribution in [0.2, 0.25) is 0 Å². The molecule has 1 aliphatic rings. The SMILES string of the molecule is Nc1cc(-c2nc(C3CCOC3)no2)[nH]n1. The topological polar surface area (TPSA) is 103 Å². The van der Waals surface area contributed by atoms with Gasteiger partial charge in [-0.25, -0.2) is 0 Å². The Morgan fingerprint density at radius 1 is 1.50 bits per heavy atom. The van der Waals surface area contributed by atoms with Crippen molar-refractivity contribution >= 4 is 5.82 Å². The molecule has 0 saturated carbocycles. The van der Waals surface area contributed by atoms with Crippen LogP contribution in [0.25, 0.3) is 11.6 Å². The minimum Gasteiger partial charge on any atom is -0.382 e. The Hall–Kier alpha value is -1.89. The van der Waals surface area contributed by atoms with Gasteiger partial charge in [0.05, 0.1) is 6.61 Å². The van der Waals surface area contributed by atoms with Gasteiger partial charge >= 0.3 is 0 Å². The third-order valence-electron chi connectivity index (χ3n) is 2.56. The van der Waals surface area contributed by atoms with Crippen LogP contribution < -0.4 is 5.73 Å². The van der Waals surface area contributed by atoms with E-state index >= 15 is 0 Å². The van der Waals surface area contributed by atoms with Crippen molar-refractivity contribution in [1.29, 1.82) is 0 Å². The molecule has 84 valence electrons. The molecule has 7 nitrogen and oxygen atoms in total. The third-order valence-corrected chi connectivity index (χ3v) is 2.56. The summed E-state index contributed by atoms with van der Waals surface area (Å²) in [6.45, 7) is 1.41. The molecule has 1 unspecified atom stereocenters. The van der Waals surface area contributed by atoms with E-state index in [0.717, 1.165) is 13.0 Å². The smallest absolute Gasteiger partial charge is 0.276 e. The zero-order valence-electron chi connectivity index (χ0n) is 8.51. The number of nitrogens with one attached hydrogen (secondary N) is 1. The average Bonchev–Trinajstić information content (AvgIpc) is 2.97. The molecule has 2 aromatic heterocycles. The highest BCUT2D eigenvalue weighted by Gasteiger charge is 2.23. The minimum absolute atomic E-state index is 0.234. The van der Waals surface area contributed by atoms with Crippen LogP contribution in [0.4, 0.5) is 5.82 Å². The van der Waals surface area contributed by atoms with Gasteiger partial charge in [-0.2, -0.15) is 10.1 Å². The number of nitrogen functional groups attached to an aromatic ring is 1. The van der Waals surface area contributed by atoms with Gasteiger partial charge in [0, 0.05) is 18.6 Å². The van der Waals surface area contributed by atoms with Crippen LogP contribution in [0.3, 0.4) is 0 Å². The molecule has 0 spiro atoms. The van der Waals surface area contributed by atoms with E-state index < -0.39 is 0 Å². The Balaban J connectivity index is 1.87. The summed E-state index contributed by atoms with van der Waals surface area (Å²) in [4.78, 5) is 4.29. The fraction of sp³-hybridized carbons (Fsp3) is 0.444. The van der Waals surface area contributed by atoms with Gasteiger partial charge in [-0.3, -0.25) is 5.10 Å². The molecule has 1 aliphatic heterocycles. The van der Waals surface area contributed by atoms with Crippen molar-refractivity contribution in [2.75, 3.05) is 18.9 Å². The number of nitrogens with zero attached hydrogens (tertiary/aromatic N) is 3. The zero-order valence-corrected chi connectivity index (χ0v) is 8.51. The highest BCUT2D eigenvalue weighted by molar-refractivity contribution is 5.51. The second kappa shape index (κ2) is 3.60. The summed E-state index contributed by atoms with van der Waals surface area (Å²) < 4.78 is 10.4. The largest absolute Gasteiger partial charge is 0.382 e. The third kappa shape index (κ3) is 1.54. The summed E-state index contributed by atoms with van der Waals surface area (Å²) >= 11 is 0. The minimum atomic E-state index is 0.234. The van der Waals surface area contributed by atoms with E-state index in [9.17, 15) is 0 Å². The second-order valence-corrected chi connectivity index (χ2v) is 3.72. The molecule has 1 atom stereocenters. The molecule has 3 heterocycles. The van der Waals surface area contributed by atoms with Crippen LogP contribution in [0.1, 0.15) is 18.2 Å². The average molecular weight is 221 g/mol. The van der Waals surface area contributed by atoms with Crippen molar-refractivity contribution in [3.05, 3.63) is 11.9 Å². The molecule has 0 radical (unpaired) electrons. The van der Waals surface area contributed by atoms with Crippen LogP contribution in [0.5, 0.6) is 0 Å². The Morgan fingerprint density at radius 3 is 3.12 bits per heavy atom. The first-order chi connectivity index (χ1) is 7.83. The van der Waals surface area contributed by atoms with E-state index in [0.29, 0.717) is 29.8 Å². The summed E-state index contributed by atoms with van der Waals surface area (Å²) in [6.07, 6.45) is 0.935. The first-order valence-corrected chi connectivity index (χ1v) is 5.05. The van der Waals surface area contributed by atoms with Crippen molar-refractivity contribution < 1.29 is 9.26 Å². The van der Waals surface area contributed by atoms with E-state index in [1.165, 1.54) is 0 Å². The highest BCUT2D eigenvalue weighted by Crippen LogP contribution is 2.25. The molecule has 1 fully saturated rings. The van der Waals surface area contributed by atoms with Crippen LogP contribution in [-0.4, -0.2) is 33.6 Å². The lowest BCUT2D eigenvalue weighted by atomic mass is 10.1. The molecular formula is C9H11N5O2. The molecule has 3 rings (SSSR count). The van der Waals surface area contributed by atoms with Crippen molar-refractivity contribution in [3.63, 3.8) is 0 Å². The number of nitrogens with two attached hydrogens (primary N) is 1. The fourth-order valence-corrected chi connectivity index (χ4v) is 1.70. The molecule has 2 aromatic rings. The lowest BCUT2D eigenvalue weighted by Gasteiger charge is -1.97. The fourth-order valence-electron chi connectivity index (χ4n) is 1.70. The predicted octanol–water partition coefficient (Wildman–Crippen LogP) is 0.546. The molecule has 0 aromatic carbocycles. The first-order valence-electron chi connectivity index (χ1n) is 5.05. The maximum atomic E-state index is 5.49. The molecule has 3 N–H and O–H groups in total. The number of aromatic nitrogens is 4. The lowest BCUT2D eigenvalue weighted by Crippen LogP contribution is -1.99. The Kier molecular flexibility index (Phi) is 2.10. The number of aromatic amines is 1. The van der Waals surface area contributed by atoms with E-state index in [2.05, 4.69) is 20.3 Å². The lowest BCUT2D eigenvalue weighted by molar-refractivity contribution is 0.192. The van der Waals surface area contributed by atoms with Gasteiger partial charge in [0.15, 0.2) is 5.82 Å². The molecule has 16 heavy (non-hydrogen) atoms. The Labute approximate surface area is 91.0 Å². The van der Waals surface area contributed by atoms with Crippen LogP contribution in [0.15, 0.2) is 10.6 Å². The molecule has 0 aliphatic carbocycles. The Bertz CT molecular complexity index is 486. The second-order valence-electron chi connectivity index (χ2n) is 3.72. The summed E-state index contributed by atoms with van der Waals surface area (Å²) in [5.41, 5.74) is 6.13. The number of anilines is 1. The van der Waals surface area contributed by atoms with Crippen LogP contribution in [-0.2, 0) is 4.74 Å². The van der Waals surface area contributed by atoms with Gasteiger partial charge in [-0.1, -0.05) is 5.16 Å². The van der Waals surface area contributed by atoms with Gasteiger partial charge in [0.25, 0.3) is 5.89 Å². The summed E-state index contributed by atoms with van der Waals surface area (Å²) in [6, 6.07) is 1.66. The Morgan fingerprint density at radius 2 is 2.44 bits per heavy atom.